The second-order valence-corrected chi connectivity index (χ2v) is 22.4. The van der Waals surface area contributed by atoms with Gasteiger partial charge in [-0.25, -0.2) is 4.79 Å². The van der Waals surface area contributed by atoms with Gasteiger partial charge >= 0.3 is 5.97 Å². The molecule has 2 aliphatic carbocycles. The number of hydrogen-bond donors (Lipinski definition) is 2. The second-order valence-electron chi connectivity index (χ2n) is 22.4. The van der Waals surface area contributed by atoms with Crippen molar-refractivity contribution in [3.8, 4) is 46.0 Å². The van der Waals surface area contributed by atoms with E-state index in [1.807, 2.05) is 133 Å². The van der Waals surface area contributed by atoms with Crippen LogP contribution in [0.5, 0.6) is 46.0 Å². The van der Waals surface area contributed by atoms with E-state index in [2.05, 4.69) is 56.5 Å². The van der Waals surface area contributed by atoms with Crippen LogP contribution in [0.1, 0.15) is 101 Å². The van der Waals surface area contributed by atoms with Crippen LogP contribution in [0.3, 0.4) is 0 Å². The molecule has 8 aromatic carbocycles. The van der Waals surface area contributed by atoms with E-state index in [0.717, 1.165) is 64.3 Å². The molecule has 8 aromatic rings. The van der Waals surface area contributed by atoms with Crippen LogP contribution < -0.4 is 48.8 Å². The summed E-state index contributed by atoms with van der Waals surface area (Å²) in [6.07, 6.45) is 9.29. The lowest BCUT2D eigenvalue weighted by molar-refractivity contribution is -0.217. The first kappa shape index (κ1) is 58.7. The number of hydrogen-bond acceptors (Lipinski definition) is 13. The predicted octanol–water partition coefficient (Wildman–Crippen LogP) is 14.8. The summed E-state index contributed by atoms with van der Waals surface area (Å²) in [4.78, 5) is 49.4. The molecule has 0 saturated carbocycles. The van der Waals surface area contributed by atoms with E-state index in [9.17, 15) is 9.59 Å². The Morgan fingerprint density at radius 1 is 0.494 bits per heavy atom. The van der Waals surface area contributed by atoms with E-state index >= 15 is 0 Å². The van der Waals surface area contributed by atoms with Crippen molar-refractivity contribution in [2.24, 2.45) is 0 Å². The molecule has 0 saturated heterocycles. The van der Waals surface area contributed by atoms with Crippen molar-refractivity contribution >= 4 is 35.4 Å². The van der Waals surface area contributed by atoms with E-state index in [1.165, 1.54) is 22.8 Å². The molecule has 1 atom stereocenters. The summed E-state index contributed by atoms with van der Waals surface area (Å²) < 4.78 is 33.8. The minimum absolute atomic E-state index is 0.151. The number of fused-ring (bicyclic) bond motifs is 4. The van der Waals surface area contributed by atoms with Crippen LogP contribution in [-0.4, -0.2) is 53.7 Å². The summed E-state index contributed by atoms with van der Waals surface area (Å²) in [7, 11) is 6.45. The molecule has 0 heterocycles. The van der Waals surface area contributed by atoms with Crippen LogP contribution >= 0.6 is 0 Å². The molecule has 85 heavy (non-hydrogen) atoms. The van der Waals surface area contributed by atoms with Crippen molar-refractivity contribution in [3.63, 3.8) is 0 Å². The van der Waals surface area contributed by atoms with E-state index in [-0.39, 0.29) is 35.5 Å². The average molecular weight is 1140 g/mol. The van der Waals surface area contributed by atoms with Gasteiger partial charge in [-0.1, -0.05) is 88.4 Å². The Hall–Kier alpha value is -9.50. The zero-order valence-corrected chi connectivity index (χ0v) is 49.1. The van der Waals surface area contributed by atoms with Gasteiger partial charge in [-0.15, -0.1) is 0 Å². The molecule has 1 unspecified atom stereocenters. The zero-order chi connectivity index (χ0) is 59.6. The molecule has 1 amide bonds. The molecule has 10 rings (SSSR count). The summed E-state index contributed by atoms with van der Waals surface area (Å²) in [5, 5.41) is 6.24. The molecule has 14 heteroatoms. The molecule has 0 aromatic heterocycles. The molecule has 2 N–H and O–H groups in total. The number of ether oxygens (including phenoxy) is 6. The van der Waals surface area contributed by atoms with Gasteiger partial charge in [-0.3, -0.25) is 4.79 Å². The van der Waals surface area contributed by atoms with Crippen LogP contribution in [0.4, 0.5) is 11.4 Å². The minimum atomic E-state index is -0.538. The van der Waals surface area contributed by atoms with Gasteiger partial charge < -0.3 is 48.8 Å². The highest BCUT2D eigenvalue weighted by Gasteiger charge is 2.56. The highest BCUT2D eigenvalue weighted by molar-refractivity contribution is 6.04. The van der Waals surface area contributed by atoms with Crippen LogP contribution in [-0.2, 0) is 43.8 Å². The first-order chi connectivity index (χ1) is 41.1. The van der Waals surface area contributed by atoms with Gasteiger partial charge in [0.25, 0.3) is 5.91 Å². The largest absolute Gasteiger partial charge is 0.497 e. The third-order valence-electron chi connectivity index (χ3n) is 15.6. The van der Waals surface area contributed by atoms with Crippen molar-refractivity contribution in [3.05, 3.63) is 238 Å². The molecular weight excluding hydrogens is 1070 g/mol. The maximum absolute atomic E-state index is 13.5. The summed E-state index contributed by atoms with van der Waals surface area (Å²) in [6, 6.07) is 53.5. The van der Waals surface area contributed by atoms with Gasteiger partial charge in [0.2, 0.25) is 0 Å². The molecule has 2 aliphatic rings. The van der Waals surface area contributed by atoms with Crippen LogP contribution in [0.2, 0.25) is 0 Å². The zero-order valence-electron chi connectivity index (χ0n) is 49.1. The number of anilines is 2. The SMILES string of the molecule is COc1ccc(COOc2ccc(OCNc3ccc(/C=C/COOc4ccc5c(c4)C4(CC5(C)C)CC(C)(C)c5ccc(OC(=O)/C=C/c6ccc(NC(=O)c7ccc(Cc8ccc(OC)cc8)cc7)cc6OC)cc54)c(OC)c3)cc2)cc1. The van der Waals surface area contributed by atoms with Crippen molar-refractivity contribution < 1.29 is 57.6 Å². The second kappa shape index (κ2) is 26.0. The van der Waals surface area contributed by atoms with Gasteiger partial charge in [0.05, 0.1) is 28.4 Å². The van der Waals surface area contributed by atoms with Crippen molar-refractivity contribution in [2.75, 3.05) is 52.4 Å². The third kappa shape index (κ3) is 14.0. The monoisotopic (exact) mass is 1140 g/mol. The Morgan fingerprint density at radius 3 is 1.64 bits per heavy atom. The summed E-state index contributed by atoms with van der Waals surface area (Å²) in [5.41, 5.74) is 10.7. The van der Waals surface area contributed by atoms with Crippen LogP contribution in [0.15, 0.2) is 182 Å². The fourth-order valence-corrected chi connectivity index (χ4v) is 11.6. The number of carbonyl (C=O) groups is 2. The number of benzene rings is 8. The summed E-state index contributed by atoms with van der Waals surface area (Å²) >= 11 is 0. The van der Waals surface area contributed by atoms with E-state index < -0.39 is 5.97 Å². The molecule has 0 radical (unpaired) electrons. The lowest BCUT2D eigenvalue weighted by Crippen LogP contribution is -2.27. The third-order valence-corrected chi connectivity index (χ3v) is 15.6. The molecule has 0 bridgehead atoms. The molecular formula is C71H70N2O12. The van der Waals surface area contributed by atoms with Crippen LogP contribution in [0.25, 0.3) is 12.2 Å². The predicted molar refractivity (Wildman–Crippen MR) is 329 cm³/mol. The lowest BCUT2D eigenvalue weighted by Gasteiger charge is -2.30. The molecule has 0 aliphatic heterocycles. The van der Waals surface area contributed by atoms with Gasteiger partial charge in [-0.05, 0) is 184 Å². The quantitative estimate of drug-likeness (QED) is 0.0112. The normalized spacial score (nSPS) is 15.2. The number of carbonyl (C=O) groups excluding carboxylic acids is 2. The van der Waals surface area contributed by atoms with Gasteiger partial charge in [0.15, 0.2) is 18.2 Å². The smallest absolute Gasteiger partial charge is 0.336 e. The highest BCUT2D eigenvalue weighted by atomic mass is 17.2. The first-order valence-corrected chi connectivity index (χ1v) is 28.1. The standard InChI is InChI=1S/C71H70N2O12/c1-69(2)44-71(63-41-59(32-34-61(63)69)83-67(74)36-21-51-20-23-54(40-66(51)79-8)73-68(75)52-17-11-47(12-18-52)38-48-13-24-55(76-5)25-14-48)45-70(3,4)62-35-33-60(42-64(62)71)85-81-37-9-10-50-19-22-53(39-65(50)78-7)72-46-80-57-28-30-58(31-29-57)84-82-43-49-15-26-56(77-6)27-16-49/h9-36,39-42,72H,37-38,43-46H2,1-8H3,(H,73,75)/b10-9+,36-21+. The number of methoxy groups -OCH3 is 4. The van der Waals surface area contributed by atoms with E-state index in [1.54, 1.807) is 64.8 Å². The van der Waals surface area contributed by atoms with Gasteiger partial charge in [0, 0.05) is 51.7 Å². The maximum atomic E-state index is 13.5. The Morgan fingerprint density at radius 2 is 1.01 bits per heavy atom. The van der Waals surface area contributed by atoms with E-state index in [4.69, 9.17) is 48.0 Å². The van der Waals surface area contributed by atoms with Crippen LogP contribution in [0, 0.1) is 0 Å². The number of esters is 1. The van der Waals surface area contributed by atoms with Crippen molar-refractivity contribution in [2.45, 2.75) is 69.8 Å². The van der Waals surface area contributed by atoms with Gasteiger partial charge in [-0.2, -0.15) is 9.78 Å². The number of nitrogens with one attached hydrogen (secondary N) is 2. The number of rotatable bonds is 24. The molecule has 436 valence electrons. The van der Waals surface area contributed by atoms with Crippen molar-refractivity contribution in [1.82, 2.24) is 0 Å². The Labute approximate surface area is 496 Å². The maximum Gasteiger partial charge on any atom is 0.336 e. The fourth-order valence-electron chi connectivity index (χ4n) is 11.6. The van der Waals surface area contributed by atoms with Gasteiger partial charge in [0.1, 0.15) is 47.7 Å². The Bertz CT molecular complexity index is 3700. The Balaban J connectivity index is 0.722. The average Bonchev–Trinajstić information content (AvgIpc) is 1.63. The topological polar surface area (TPSA) is 150 Å². The van der Waals surface area contributed by atoms with E-state index in [0.29, 0.717) is 57.9 Å². The van der Waals surface area contributed by atoms with Crippen molar-refractivity contribution in [1.29, 1.82) is 0 Å². The lowest BCUT2D eigenvalue weighted by atomic mass is 9.72. The summed E-state index contributed by atoms with van der Waals surface area (Å²) in [6.45, 7) is 9.82. The summed E-state index contributed by atoms with van der Waals surface area (Å²) in [5.74, 6) is 4.21. The molecule has 14 nitrogen and oxygen atoms in total. The number of amides is 1. The Kier molecular flexibility index (Phi) is 17.9. The fraction of sp³-hybridized carbons (Fsp3) is 0.239. The minimum Gasteiger partial charge on any atom is -0.497 e. The first-order valence-electron chi connectivity index (χ1n) is 28.1. The molecule has 1 spiro atoms. The molecule has 0 fully saturated rings. The highest BCUT2D eigenvalue weighted by Crippen LogP contribution is 2.63.